The van der Waals surface area contributed by atoms with Gasteiger partial charge in [0.15, 0.2) is 0 Å². The Balaban J connectivity index is 1.77. The second-order valence-electron chi connectivity index (χ2n) is 6.72. The Kier molecular flexibility index (Phi) is 4.40. The predicted molar refractivity (Wildman–Crippen MR) is 97.3 cm³/mol. The molecule has 26 heavy (non-hydrogen) atoms. The van der Waals surface area contributed by atoms with Gasteiger partial charge >= 0.3 is 0 Å². The Hall–Kier alpha value is -3.14. The van der Waals surface area contributed by atoms with E-state index in [1.807, 2.05) is 29.2 Å². The molecule has 3 heterocycles. The quantitative estimate of drug-likeness (QED) is 0.691. The van der Waals surface area contributed by atoms with Gasteiger partial charge in [0.2, 0.25) is 6.41 Å². The molecule has 1 unspecified atom stereocenters. The van der Waals surface area contributed by atoms with E-state index in [9.17, 15) is 10.1 Å². The van der Waals surface area contributed by atoms with Gasteiger partial charge in [0, 0.05) is 23.5 Å². The van der Waals surface area contributed by atoms with Crippen LogP contribution in [0.5, 0.6) is 0 Å². The van der Waals surface area contributed by atoms with E-state index in [1.54, 1.807) is 16.9 Å². The zero-order valence-corrected chi connectivity index (χ0v) is 14.4. The highest BCUT2D eigenvalue weighted by atomic mass is 16.1. The van der Waals surface area contributed by atoms with Crippen LogP contribution in [0.15, 0.2) is 36.9 Å². The van der Waals surface area contributed by atoms with Crippen molar-refractivity contribution in [3.8, 4) is 17.2 Å². The number of anilines is 1. The summed E-state index contributed by atoms with van der Waals surface area (Å²) in [4.78, 5) is 11.0. The Morgan fingerprint density at radius 3 is 2.96 bits per heavy atom. The Morgan fingerprint density at radius 2 is 2.19 bits per heavy atom. The highest BCUT2D eigenvalue weighted by Crippen LogP contribution is 2.37. The van der Waals surface area contributed by atoms with Gasteiger partial charge in [-0.15, -0.1) is 0 Å². The predicted octanol–water partition coefficient (Wildman–Crippen LogP) is 3.41. The fourth-order valence-corrected chi connectivity index (χ4v) is 4.03. The van der Waals surface area contributed by atoms with Gasteiger partial charge in [-0.25, -0.2) is 4.52 Å². The molecule has 132 valence electrons. The van der Waals surface area contributed by atoms with Crippen molar-refractivity contribution in [2.24, 2.45) is 5.92 Å². The number of carbonyl (C=O) groups is 1. The van der Waals surface area contributed by atoms with E-state index in [0.29, 0.717) is 24.4 Å². The molecule has 0 spiro atoms. The molecular formula is C19H20N6O. The van der Waals surface area contributed by atoms with Crippen molar-refractivity contribution in [1.82, 2.24) is 19.4 Å². The van der Waals surface area contributed by atoms with Gasteiger partial charge in [-0.2, -0.15) is 15.5 Å². The number of fused-ring (bicyclic) bond motifs is 1. The van der Waals surface area contributed by atoms with Crippen LogP contribution >= 0.6 is 0 Å². The van der Waals surface area contributed by atoms with Crippen LogP contribution in [0.3, 0.4) is 0 Å². The van der Waals surface area contributed by atoms with E-state index in [0.717, 1.165) is 29.5 Å². The fourth-order valence-electron chi connectivity index (χ4n) is 4.03. The van der Waals surface area contributed by atoms with Crippen LogP contribution in [0.25, 0.3) is 16.6 Å². The van der Waals surface area contributed by atoms with Gasteiger partial charge in [-0.3, -0.25) is 9.48 Å². The van der Waals surface area contributed by atoms with Crippen LogP contribution in [0.4, 0.5) is 5.69 Å². The maximum atomic E-state index is 11.0. The van der Waals surface area contributed by atoms with Crippen LogP contribution < -0.4 is 5.32 Å². The van der Waals surface area contributed by atoms with E-state index >= 15 is 0 Å². The molecule has 4 rings (SSSR count). The Labute approximate surface area is 151 Å². The summed E-state index contributed by atoms with van der Waals surface area (Å²) in [5, 5.41) is 20.9. The number of aromatic nitrogens is 4. The van der Waals surface area contributed by atoms with Gasteiger partial charge in [0.1, 0.15) is 0 Å². The van der Waals surface area contributed by atoms with Crippen LogP contribution in [-0.2, 0) is 4.79 Å². The largest absolute Gasteiger partial charge is 0.327 e. The van der Waals surface area contributed by atoms with E-state index in [2.05, 4.69) is 21.6 Å². The Morgan fingerprint density at radius 1 is 1.35 bits per heavy atom. The molecule has 1 aliphatic carbocycles. The summed E-state index contributed by atoms with van der Waals surface area (Å²) >= 11 is 0. The SMILES string of the molecule is N#CCC(C1CCCC1)n1cc(-c2c(NC=O)cnn3cccc23)cn1. The summed E-state index contributed by atoms with van der Waals surface area (Å²) in [7, 11) is 0. The number of amides is 1. The first-order chi connectivity index (χ1) is 12.8. The molecule has 1 N–H and O–H groups in total. The van der Waals surface area contributed by atoms with Gasteiger partial charge < -0.3 is 5.32 Å². The number of hydrogen-bond donors (Lipinski definition) is 1. The number of hydrogen-bond acceptors (Lipinski definition) is 4. The number of nitriles is 1. The molecule has 3 aromatic rings. The molecular weight excluding hydrogens is 328 g/mol. The molecule has 0 radical (unpaired) electrons. The average Bonchev–Trinajstić information content (AvgIpc) is 3.40. The summed E-state index contributed by atoms with van der Waals surface area (Å²) in [6, 6.07) is 6.29. The lowest BCUT2D eigenvalue weighted by Gasteiger charge is -2.21. The lowest BCUT2D eigenvalue weighted by Crippen LogP contribution is -2.17. The highest BCUT2D eigenvalue weighted by molar-refractivity contribution is 5.93. The van der Waals surface area contributed by atoms with E-state index in [1.165, 1.54) is 12.8 Å². The monoisotopic (exact) mass is 348 g/mol. The van der Waals surface area contributed by atoms with Crippen LogP contribution in [0.2, 0.25) is 0 Å². The summed E-state index contributed by atoms with van der Waals surface area (Å²) in [6.45, 7) is 0. The molecule has 1 fully saturated rings. The molecule has 0 aliphatic heterocycles. The van der Waals surface area contributed by atoms with Crippen molar-refractivity contribution in [3.63, 3.8) is 0 Å². The normalized spacial score (nSPS) is 15.8. The third-order valence-corrected chi connectivity index (χ3v) is 5.25. The maximum Gasteiger partial charge on any atom is 0.211 e. The summed E-state index contributed by atoms with van der Waals surface area (Å²) < 4.78 is 3.70. The topological polar surface area (TPSA) is 88.0 Å². The zero-order valence-electron chi connectivity index (χ0n) is 14.4. The van der Waals surface area contributed by atoms with Gasteiger partial charge in [-0.1, -0.05) is 12.8 Å². The third kappa shape index (κ3) is 2.84. The molecule has 0 bridgehead atoms. The minimum Gasteiger partial charge on any atom is -0.327 e. The molecule has 7 heteroatoms. The second kappa shape index (κ2) is 7.00. The first-order valence-corrected chi connectivity index (χ1v) is 8.90. The average molecular weight is 348 g/mol. The molecule has 7 nitrogen and oxygen atoms in total. The van der Waals surface area contributed by atoms with Crippen molar-refractivity contribution in [3.05, 3.63) is 36.9 Å². The first-order valence-electron chi connectivity index (χ1n) is 8.90. The zero-order chi connectivity index (χ0) is 17.9. The van der Waals surface area contributed by atoms with Crippen molar-refractivity contribution in [2.45, 2.75) is 38.1 Å². The highest BCUT2D eigenvalue weighted by Gasteiger charge is 2.27. The second-order valence-corrected chi connectivity index (χ2v) is 6.72. The van der Waals surface area contributed by atoms with Crippen molar-refractivity contribution in [2.75, 3.05) is 5.32 Å². The lowest BCUT2D eigenvalue weighted by molar-refractivity contribution is -0.105. The molecule has 1 amide bonds. The van der Waals surface area contributed by atoms with Gasteiger partial charge in [0.25, 0.3) is 0 Å². The fraction of sp³-hybridized carbons (Fsp3) is 0.368. The summed E-state index contributed by atoms with van der Waals surface area (Å²) in [5.74, 6) is 0.501. The Bertz CT molecular complexity index is 960. The standard InChI is InChI=1S/C19H20N6O/c20-8-7-17(14-4-1-2-5-14)25-12-15(10-22-25)19-16(21-13-26)11-23-24-9-3-6-18(19)24/h3,6,9-14,17H,1-2,4-5,7H2,(H,21,26). The first kappa shape index (κ1) is 16.3. The smallest absolute Gasteiger partial charge is 0.211 e. The minimum absolute atomic E-state index is 0.100. The van der Waals surface area contributed by atoms with Gasteiger partial charge in [-0.05, 0) is 30.9 Å². The maximum absolute atomic E-state index is 11.0. The van der Waals surface area contributed by atoms with E-state index in [4.69, 9.17) is 0 Å². The number of nitrogens with one attached hydrogen (secondary N) is 1. The van der Waals surface area contributed by atoms with E-state index < -0.39 is 0 Å². The molecule has 1 aliphatic rings. The summed E-state index contributed by atoms with van der Waals surface area (Å²) in [5.41, 5.74) is 3.32. The lowest BCUT2D eigenvalue weighted by atomic mass is 9.96. The van der Waals surface area contributed by atoms with E-state index in [-0.39, 0.29) is 6.04 Å². The van der Waals surface area contributed by atoms with Crippen LogP contribution in [0, 0.1) is 17.2 Å². The number of rotatable bonds is 6. The number of carbonyl (C=O) groups excluding carboxylic acids is 1. The molecule has 0 saturated heterocycles. The van der Waals surface area contributed by atoms with Crippen molar-refractivity contribution in [1.29, 1.82) is 5.26 Å². The molecule has 3 aromatic heterocycles. The summed E-state index contributed by atoms with van der Waals surface area (Å²) in [6.07, 6.45) is 13.2. The number of nitrogens with zero attached hydrogens (tertiary/aromatic N) is 5. The minimum atomic E-state index is 0.100. The molecule has 0 aromatic carbocycles. The third-order valence-electron chi connectivity index (χ3n) is 5.25. The van der Waals surface area contributed by atoms with Crippen LogP contribution in [0.1, 0.15) is 38.1 Å². The molecule has 1 saturated carbocycles. The van der Waals surface area contributed by atoms with Crippen molar-refractivity contribution >= 4 is 17.6 Å². The molecule has 1 atom stereocenters. The van der Waals surface area contributed by atoms with Gasteiger partial charge in [0.05, 0.1) is 42.1 Å². The van der Waals surface area contributed by atoms with Crippen LogP contribution in [-0.4, -0.2) is 25.8 Å². The van der Waals surface area contributed by atoms with Crippen molar-refractivity contribution < 1.29 is 4.79 Å².